The summed E-state index contributed by atoms with van der Waals surface area (Å²) in [5.41, 5.74) is -0.747. The summed E-state index contributed by atoms with van der Waals surface area (Å²) in [5.74, 6) is -1.26. The SMILES string of the molecule is CC(C)CC=C(C(=O)O)[N+](=O)[O-]. The minimum Gasteiger partial charge on any atom is -0.473 e. The van der Waals surface area contributed by atoms with E-state index in [-0.39, 0.29) is 5.92 Å². The number of hydrogen-bond acceptors (Lipinski definition) is 3. The van der Waals surface area contributed by atoms with E-state index in [1.807, 2.05) is 13.8 Å². The largest absolute Gasteiger partial charge is 0.473 e. The lowest BCUT2D eigenvalue weighted by atomic mass is 10.1. The average molecular weight is 173 g/mol. The van der Waals surface area contributed by atoms with E-state index in [4.69, 9.17) is 5.11 Å². The first kappa shape index (κ1) is 10.6. The molecule has 68 valence electrons. The molecule has 0 heterocycles. The summed E-state index contributed by atoms with van der Waals surface area (Å²) in [6.45, 7) is 3.71. The summed E-state index contributed by atoms with van der Waals surface area (Å²) in [4.78, 5) is 19.5. The van der Waals surface area contributed by atoms with Gasteiger partial charge in [0.25, 0.3) is 0 Å². The van der Waals surface area contributed by atoms with Crippen LogP contribution in [-0.2, 0) is 4.79 Å². The molecule has 5 heteroatoms. The van der Waals surface area contributed by atoms with Crippen LogP contribution < -0.4 is 0 Å². The third-order valence-corrected chi connectivity index (χ3v) is 1.20. The molecule has 0 bridgehead atoms. The van der Waals surface area contributed by atoms with Gasteiger partial charge in [0.15, 0.2) is 0 Å². The van der Waals surface area contributed by atoms with E-state index >= 15 is 0 Å². The average Bonchev–Trinajstić information content (AvgIpc) is 1.84. The van der Waals surface area contributed by atoms with Crippen LogP contribution >= 0.6 is 0 Å². The molecule has 1 N–H and O–H groups in total. The zero-order valence-corrected chi connectivity index (χ0v) is 6.98. The molecule has 0 atom stereocenters. The van der Waals surface area contributed by atoms with Crippen molar-refractivity contribution < 1.29 is 14.8 Å². The molecule has 0 aromatic rings. The highest BCUT2D eigenvalue weighted by Gasteiger charge is 2.19. The van der Waals surface area contributed by atoms with E-state index in [9.17, 15) is 14.9 Å². The lowest BCUT2D eigenvalue weighted by molar-refractivity contribution is -0.421. The van der Waals surface area contributed by atoms with Crippen molar-refractivity contribution in [3.05, 3.63) is 21.9 Å². The van der Waals surface area contributed by atoms with Crippen molar-refractivity contribution in [2.45, 2.75) is 20.3 Å². The van der Waals surface area contributed by atoms with Crippen molar-refractivity contribution in [3.63, 3.8) is 0 Å². The molecule has 0 fully saturated rings. The van der Waals surface area contributed by atoms with Gasteiger partial charge in [0, 0.05) is 6.08 Å². The molecule has 0 rings (SSSR count). The summed E-state index contributed by atoms with van der Waals surface area (Å²) < 4.78 is 0. The molecule has 0 radical (unpaired) electrons. The molecule has 5 nitrogen and oxygen atoms in total. The number of nitrogens with zero attached hydrogens (tertiary/aromatic N) is 1. The number of allylic oxidation sites excluding steroid dienone is 1. The molecule has 0 unspecified atom stereocenters. The van der Waals surface area contributed by atoms with Crippen LogP contribution in [0.5, 0.6) is 0 Å². The fraction of sp³-hybridized carbons (Fsp3) is 0.571. The smallest absolute Gasteiger partial charge is 0.407 e. The highest BCUT2D eigenvalue weighted by atomic mass is 16.6. The standard InChI is InChI=1S/C7H11NO4/c1-5(2)3-4-6(7(9)10)8(11)12/h4-5H,3H2,1-2H3,(H,9,10). The molecular weight excluding hydrogens is 162 g/mol. The van der Waals surface area contributed by atoms with Gasteiger partial charge in [-0.05, 0) is 12.3 Å². The van der Waals surface area contributed by atoms with Crippen molar-refractivity contribution in [2.75, 3.05) is 0 Å². The van der Waals surface area contributed by atoms with Crippen LogP contribution in [0.1, 0.15) is 20.3 Å². The maximum absolute atomic E-state index is 10.2. The monoisotopic (exact) mass is 173 g/mol. The summed E-state index contributed by atoms with van der Waals surface area (Å²) in [6.07, 6.45) is 1.54. The van der Waals surface area contributed by atoms with Crippen molar-refractivity contribution in [1.82, 2.24) is 0 Å². The first-order chi connectivity index (χ1) is 5.45. The molecule has 12 heavy (non-hydrogen) atoms. The molecule has 0 aliphatic carbocycles. The van der Waals surface area contributed by atoms with Crippen molar-refractivity contribution in [3.8, 4) is 0 Å². The highest BCUT2D eigenvalue weighted by Crippen LogP contribution is 2.05. The molecule has 0 amide bonds. The zero-order valence-electron chi connectivity index (χ0n) is 6.98. The number of rotatable bonds is 4. The summed E-state index contributed by atoms with van der Waals surface area (Å²) in [6, 6.07) is 0. The Labute approximate surface area is 69.8 Å². The Morgan fingerprint density at radius 2 is 2.17 bits per heavy atom. The molecule has 0 aromatic carbocycles. The molecule has 0 aromatic heterocycles. The third-order valence-electron chi connectivity index (χ3n) is 1.20. The van der Waals surface area contributed by atoms with Gasteiger partial charge in [0.2, 0.25) is 0 Å². The Morgan fingerprint density at radius 1 is 1.67 bits per heavy atom. The number of carboxylic acids is 1. The van der Waals surface area contributed by atoms with E-state index in [0.717, 1.165) is 6.08 Å². The number of carbonyl (C=O) groups is 1. The van der Waals surface area contributed by atoms with Crippen LogP contribution in [0.3, 0.4) is 0 Å². The number of carboxylic acid groups (broad SMARTS) is 1. The van der Waals surface area contributed by atoms with Crippen molar-refractivity contribution >= 4 is 5.97 Å². The fourth-order valence-electron chi connectivity index (χ4n) is 0.587. The van der Waals surface area contributed by atoms with Gasteiger partial charge in [-0.3, -0.25) is 10.1 Å². The number of nitro groups is 1. The van der Waals surface area contributed by atoms with Gasteiger partial charge in [-0.25, -0.2) is 4.79 Å². The second kappa shape index (κ2) is 4.48. The van der Waals surface area contributed by atoms with Crippen LogP contribution in [0.15, 0.2) is 11.8 Å². The highest BCUT2D eigenvalue weighted by molar-refractivity contribution is 5.83. The predicted octanol–water partition coefficient (Wildman–Crippen LogP) is 1.28. The molecule has 0 aliphatic rings. The Hall–Kier alpha value is -1.39. The lowest BCUT2D eigenvalue weighted by Crippen LogP contribution is -2.10. The Balaban J connectivity index is 4.40. The number of hydrogen-bond donors (Lipinski definition) is 1. The van der Waals surface area contributed by atoms with E-state index < -0.39 is 16.6 Å². The second-order valence-electron chi connectivity index (χ2n) is 2.78. The molecule has 0 saturated heterocycles. The van der Waals surface area contributed by atoms with Crippen LogP contribution in [0.2, 0.25) is 0 Å². The summed E-state index contributed by atoms with van der Waals surface area (Å²) >= 11 is 0. The first-order valence-electron chi connectivity index (χ1n) is 3.53. The third kappa shape index (κ3) is 3.70. The van der Waals surface area contributed by atoms with Crippen LogP contribution in [-0.4, -0.2) is 16.0 Å². The molecule has 0 aliphatic heterocycles. The van der Waals surface area contributed by atoms with E-state index in [2.05, 4.69) is 0 Å². The predicted molar refractivity (Wildman–Crippen MR) is 42.2 cm³/mol. The minimum atomic E-state index is -1.49. The van der Waals surface area contributed by atoms with Gasteiger partial charge in [-0.1, -0.05) is 13.8 Å². The van der Waals surface area contributed by atoms with Gasteiger partial charge in [-0.15, -0.1) is 0 Å². The van der Waals surface area contributed by atoms with Crippen molar-refractivity contribution in [1.29, 1.82) is 0 Å². The summed E-state index contributed by atoms with van der Waals surface area (Å²) in [7, 11) is 0. The summed E-state index contributed by atoms with van der Waals surface area (Å²) in [5, 5.41) is 18.5. The lowest BCUT2D eigenvalue weighted by Gasteiger charge is -1.96. The Kier molecular flexibility index (Phi) is 3.96. The maximum Gasteiger partial charge on any atom is 0.407 e. The minimum absolute atomic E-state index is 0.222. The fourth-order valence-corrected chi connectivity index (χ4v) is 0.587. The van der Waals surface area contributed by atoms with Gasteiger partial charge >= 0.3 is 11.7 Å². The Bertz CT molecular complexity index is 203. The van der Waals surface area contributed by atoms with Crippen molar-refractivity contribution in [2.24, 2.45) is 5.92 Å². The van der Waals surface area contributed by atoms with Gasteiger partial charge in [0.05, 0.1) is 4.92 Å². The normalized spacial score (nSPS) is 11.8. The van der Waals surface area contributed by atoms with Crippen LogP contribution in [0, 0.1) is 16.0 Å². The molecule has 0 saturated carbocycles. The Morgan fingerprint density at radius 3 is 2.42 bits per heavy atom. The first-order valence-corrected chi connectivity index (χ1v) is 3.53. The maximum atomic E-state index is 10.2. The van der Waals surface area contributed by atoms with Gasteiger partial charge in [-0.2, -0.15) is 0 Å². The number of aliphatic carboxylic acids is 1. The van der Waals surface area contributed by atoms with Gasteiger partial charge < -0.3 is 5.11 Å². The van der Waals surface area contributed by atoms with Crippen LogP contribution in [0.25, 0.3) is 0 Å². The van der Waals surface area contributed by atoms with Gasteiger partial charge in [0.1, 0.15) is 0 Å². The topological polar surface area (TPSA) is 80.4 Å². The second-order valence-corrected chi connectivity index (χ2v) is 2.78. The van der Waals surface area contributed by atoms with Crippen LogP contribution in [0.4, 0.5) is 0 Å². The quantitative estimate of drug-likeness (QED) is 0.394. The van der Waals surface area contributed by atoms with E-state index in [1.54, 1.807) is 0 Å². The zero-order chi connectivity index (χ0) is 9.72. The molecular formula is C7H11NO4. The van der Waals surface area contributed by atoms with E-state index in [1.165, 1.54) is 0 Å². The van der Waals surface area contributed by atoms with E-state index in [0.29, 0.717) is 6.42 Å². The molecule has 0 spiro atoms.